The summed E-state index contributed by atoms with van der Waals surface area (Å²) in [7, 11) is 0. The Labute approximate surface area is 180 Å². The lowest BCUT2D eigenvalue weighted by Crippen LogP contribution is -2.37. The van der Waals surface area contributed by atoms with Crippen LogP contribution in [0.15, 0.2) is 66.4 Å². The Hall–Kier alpha value is -2.83. The van der Waals surface area contributed by atoms with Crippen LogP contribution in [0, 0.1) is 5.92 Å². The zero-order chi connectivity index (χ0) is 20.2. The minimum absolute atomic E-state index is 0.693. The predicted molar refractivity (Wildman–Crippen MR) is 124 cm³/mol. The molecule has 5 rings (SSSR count). The van der Waals surface area contributed by atoms with E-state index in [1.807, 2.05) is 18.3 Å². The maximum Gasteiger partial charge on any atom is 0.141 e. The van der Waals surface area contributed by atoms with Crippen molar-refractivity contribution in [1.29, 1.82) is 0 Å². The van der Waals surface area contributed by atoms with E-state index in [4.69, 9.17) is 4.98 Å². The third kappa shape index (κ3) is 4.06. The van der Waals surface area contributed by atoms with Crippen LogP contribution in [-0.4, -0.2) is 34.6 Å². The molecule has 0 spiro atoms. The normalized spacial score (nSPS) is 15.0. The molecular formula is C24H25N5S. The van der Waals surface area contributed by atoms with Gasteiger partial charge in [0.15, 0.2) is 0 Å². The number of rotatable bonds is 6. The minimum atomic E-state index is 0.693. The molecule has 3 aromatic heterocycles. The van der Waals surface area contributed by atoms with Crippen LogP contribution in [0.4, 0.5) is 5.82 Å². The SMILES string of the molecule is c1ccc(-c2csc3ncnc(N4CCC(CNCc5ccccn5)CC4)c23)cc1. The van der Waals surface area contributed by atoms with Gasteiger partial charge in [-0.2, -0.15) is 0 Å². The first kappa shape index (κ1) is 19.2. The molecule has 1 aliphatic rings. The van der Waals surface area contributed by atoms with Gasteiger partial charge < -0.3 is 10.2 Å². The van der Waals surface area contributed by atoms with Crippen molar-refractivity contribution in [2.75, 3.05) is 24.5 Å². The molecule has 1 saturated heterocycles. The quantitative estimate of drug-likeness (QED) is 0.492. The van der Waals surface area contributed by atoms with Gasteiger partial charge in [-0.15, -0.1) is 11.3 Å². The molecule has 152 valence electrons. The number of piperidine rings is 1. The fourth-order valence-corrected chi connectivity index (χ4v) is 5.10. The van der Waals surface area contributed by atoms with Gasteiger partial charge in [-0.25, -0.2) is 9.97 Å². The highest BCUT2D eigenvalue weighted by Gasteiger charge is 2.23. The lowest BCUT2D eigenvalue weighted by Gasteiger charge is -2.33. The van der Waals surface area contributed by atoms with Crippen molar-refractivity contribution in [2.45, 2.75) is 19.4 Å². The van der Waals surface area contributed by atoms with E-state index >= 15 is 0 Å². The summed E-state index contributed by atoms with van der Waals surface area (Å²) in [6.07, 6.45) is 5.91. The van der Waals surface area contributed by atoms with Crippen molar-refractivity contribution in [3.63, 3.8) is 0 Å². The summed E-state index contributed by atoms with van der Waals surface area (Å²) < 4.78 is 0. The number of hydrogen-bond donors (Lipinski definition) is 1. The van der Waals surface area contributed by atoms with E-state index in [-0.39, 0.29) is 0 Å². The highest BCUT2D eigenvalue weighted by atomic mass is 32.1. The Morgan fingerprint density at radius 1 is 0.967 bits per heavy atom. The van der Waals surface area contributed by atoms with Crippen LogP contribution < -0.4 is 10.2 Å². The average Bonchev–Trinajstić information content (AvgIpc) is 3.25. The summed E-state index contributed by atoms with van der Waals surface area (Å²) in [5.74, 6) is 1.78. The second-order valence-electron chi connectivity index (χ2n) is 7.78. The fourth-order valence-electron chi connectivity index (χ4n) is 4.19. The van der Waals surface area contributed by atoms with Crippen molar-refractivity contribution in [1.82, 2.24) is 20.3 Å². The van der Waals surface area contributed by atoms with Crippen LogP contribution in [0.5, 0.6) is 0 Å². The minimum Gasteiger partial charge on any atom is -0.356 e. The predicted octanol–water partition coefficient (Wildman–Crippen LogP) is 4.76. The van der Waals surface area contributed by atoms with Gasteiger partial charge in [-0.1, -0.05) is 36.4 Å². The Bertz CT molecular complexity index is 1090. The largest absolute Gasteiger partial charge is 0.356 e. The zero-order valence-corrected chi connectivity index (χ0v) is 17.7. The molecule has 0 radical (unpaired) electrons. The summed E-state index contributed by atoms with van der Waals surface area (Å²) in [4.78, 5) is 17.1. The van der Waals surface area contributed by atoms with E-state index in [9.17, 15) is 0 Å². The molecule has 0 amide bonds. The molecule has 0 atom stereocenters. The first-order valence-electron chi connectivity index (χ1n) is 10.5. The van der Waals surface area contributed by atoms with Gasteiger partial charge in [0.05, 0.1) is 11.1 Å². The Kier molecular flexibility index (Phi) is 5.68. The van der Waals surface area contributed by atoms with Crippen LogP contribution in [-0.2, 0) is 6.54 Å². The molecule has 0 saturated carbocycles. The number of nitrogens with one attached hydrogen (secondary N) is 1. The monoisotopic (exact) mass is 415 g/mol. The molecule has 0 aliphatic carbocycles. The number of pyridine rings is 1. The molecule has 6 heteroatoms. The molecule has 30 heavy (non-hydrogen) atoms. The van der Waals surface area contributed by atoms with Crippen LogP contribution in [0.1, 0.15) is 18.5 Å². The number of fused-ring (bicyclic) bond motifs is 1. The second kappa shape index (κ2) is 8.90. The number of hydrogen-bond acceptors (Lipinski definition) is 6. The summed E-state index contributed by atoms with van der Waals surface area (Å²) in [5.41, 5.74) is 3.57. The second-order valence-corrected chi connectivity index (χ2v) is 8.63. The van der Waals surface area contributed by atoms with Crippen LogP contribution >= 0.6 is 11.3 Å². The number of thiophene rings is 1. The standard InChI is InChI=1S/C24H25N5S/c1-2-6-19(7-3-1)21-16-30-24-22(21)23(27-17-28-24)29-12-9-18(10-13-29)14-25-15-20-8-4-5-11-26-20/h1-8,11,16-18,25H,9-10,12-15H2. The van der Waals surface area contributed by atoms with Gasteiger partial charge in [0.25, 0.3) is 0 Å². The van der Waals surface area contributed by atoms with Crippen molar-refractivity contribution < 1.29 is 0 Å². The van der Waals surface area contributed by atoms with Gasteiger partial charge in [0.2, 0.25) is 0 Å². The van der Waals surface area contributed by atoms with Crippen molar-refractivity contribution in [2.24, 2.45) is 5.92 Å². The molecular weight excluding hydrogens is 390 g/mol. The van der Waals surface area contributed by atoms with Crippen molar-refractivity contribution in [3.8, 4) is 11.1 Å². The fraction of sp³-hybridized carbons (Fsp3) is 0.292. The highest BCUT2D eigenvalue weighted by molar-refractivity contribution is 7.17. The lowest BCUT2D eigenvalue weighted by molar-refractivity contribution is 0.381. The maximum atomic E-state index is 4.71. The first-order chi connectivity index (χ1) is 14.9. The molecule has 1 aliphatic heterocycles. The lowest BCUT2D eigenvalue weighted by atomic mass is 9.96. The maximum absolute atomic E-state index is 4.71. The van der Waals surface area contributed by atoms with Crippen molar-refractivity contribution in [3.05, 3.63) is 72.1 Å². The third-order valence-corrected chi connectivity index (χ3v) is 6.70. The molecule has 0 bridgehead atoms. The Morgan fingerprint density at radius 3 is 2.60 bits per heavy atom. The molecule has 4 aromatic rings. The van der Waals surface area contributed by atoms with Gasteiger partial charge in [-0.05, 0) is 43.0 Å². The first-order valence-corrected chi connectivity index (χ1v) is 11.4. The number of anilines is 1. The highest BCUT2D eigenvalue weighted by Crippen LogP contribution is 2.38. The summed E-state index contributed by atoms with van der Waals surface area (Å²) in [6.45, 7) is 3.94. The van der Waals surface area contributed by atoms with E-state index in [1.54, 1.807) is 17.7 Å². The molecule has 4 heterocycles. The molecule has 1 fully saturated rings. The summed E-state index contributed by atoms with van der Waals surface area (Å²) >= 11 is 1.70. The number of nitrogens with zero attached hydrogens (tertiary/aromatic N) is 4. The number of benzene rings is 1. The van der Waals surface area contributed by atoms with E-state index in [0.717, 1.165) is 42.5 Å². The third-order valence-electron chi connectivity index (χ3n) is 5.81. The topological polar surface area (TPSA) is 53.9 Å². The summed E-state index contributed by atoms with van der Waals surface area (Å²) in [5, 5.41) is 6.99. The van der Waals surface area contributed by atoms with E-state index in [1.165, 1.54) is 29.4 Å². The number of aromatic nitrogens is 3. The van der Waals surface area contributed by atoms with Crippen LogP contribution in [0.25, 0.3) is 21.3 Å². The Morgan fingerprint density at radius 2 is 1.80 bits per heavy atom. The molecule has 1 N–H and O–H groups in total. The molecule has 5 nitrogen and oxygen atoms in total. The van der Waals surface area contributed by atoms with Crippen LogP contribution in [0.3, 0.4) is 0 Å². The average molecular weight is 416 g/mol. The molecule has 1 aromatic carbocycles. The van der Waals surface area contributed by atoms with Crippen LogP contribution in [0.2, 0.25) is 0 Å². The van der Waals surface area contributed by atoms with E-state index in [0.29, 0.717) is 5.92 Å². The summed E-state index contributed by atoms with van der Waals surface area (Å²) in [6, 6.07) is 16.6. The van der Waals surface area contributed by atoms with Gasteiger partial charge >= 0.3 is 0 Å². The molecule has 0 unspecified atom stereocenters. The van der Waals surface area contributed by atoms with Gasteiger partial charge in [-0.3, -0.25) is 4.98 Å². The van der Waals surface area contributed by atoms with Gasteiger partial charge in [0.1, 0.15) is 17.0 Å². The Balaban J connectivity index is 1.27. The van der Waals surface area contributed by atoms with E-state index < -0.39 is 0 Å². The van der Waals surface area contributed by atoms with Crippen molar-refractivity contribution >= 4 is 27.4 Å². The van der Waals surface area contributed by atoms with E-state index in [2.05, 4.69) is 62.0 Å². The van der Waals surface area contributed by atoms with Gasteiger partial charge in [0, 0.05) is 36.8 Å². The smallest absolute Gasteiger partial charge is 0.141 e. The zero-order valence-electron chi connectivity index (χ0n) is 16.9.